The van der Waals surface area contributed by atoms with Gasteiger partial charge in [-0.25, -0.2) is 0 Å². The summed E-state index contributed by atoms with van der Waals surface area (Å²) in [6.07, 6.45) is 3.52. The molecule has 2 rings (SSSR count). The average Bonchev–Trinajstić information content (AvgIpc) is 2.38. The van der Waals surface area contributed by atoms with Gasteiger partial charge in [-0.3, -0.25) is 4.79 Å². The second-order valence-corrected chi connectivity index (χ2v) is 5.81. The van der Waals surface area contributed by atoms with Crippen LogP contribution in [-0.4, -0.2) is 5.78 Å². The molecule has 0 saturated heterocycles. The number of hydrogen-bond acceptors (Lipinski definition) is 1. The Balaban J connectivity index is 2.18. The van der Waals surface area contributed by atoms with Gasteiger partial charge in [0.05, 0.1) is 0 Å². The largest absolute Gasteiger partial charge is 0.289 e. The third kappa shape index (κ3) is 3.77. The van der Waals surface area contributed by atoms with Crippen LogP contribution in [0.15, 0.2) is 48.5 Å². The lowest BCUT2D eigenvalue weighted by molar-refractivity contribution is 0.104. The molecule has 2 heteroatoms. The van der Waals surface area contributed by atoms with Gasteiger partial charge in [0, 0.05) is 9.13 Å². The molecule has 0 saturated carbocycles. The monoisotopic (exact) mass is 362 g/mol. The minimum Gasteiger partial charge on any atom is -0.289 e. The Morgan fingerprint density at radius 1 is 1.05 bits per heavy atom. The summed E-state index contributed by atoms with van der Waals surface area (Å²) < 4.78 is 1.13. The minimum atomic E-state index is 0.0383. The Morgan fingerprint density at radius 2 is 1.74 bits per heavy atom. The maximum absolute atomic E-state index is 12.0. The molecular formula is C17H15IO. The molecule has 0 fully saturated rings. The van der Waals surface area contributed by atoms with E-state index < -0.39 is 0 Å². The fourth-order valence-corrected chi connectivity index (χ4v) is 2.25. The van der Waals surface area contributed by atoms with Crippen LogP contribution in [-0.2, 0) is 0 Å². The first-order chi connectivity index (χ1) is 9.06. The quantitative estimate of drug-likeness (QED) is 0.435. The van der Waals surface area contributed by atoms with Crippen molar-refractivity contribution in [3.8, 4) is 0 Å². The van der Waals surface area contributed by atoms with Crippen molar-refractivity contribution in [1.29, 1.82) is 0 Å². The van der Waals surface area contributed by atoms with Gasteiger partial charge in [-0.15, -0.1) is 0 Å². The van der Waals surface area contributed by atoms with Gasteiger partial charge < -0.3 is 0 Å². The summed E-state index contributed by atoms with van der Waals surface area (Å²) in [7, 11) is 0. The standard InChI is InChI=1S/C17H15IO/c1-12-3-4-14(13(2)11-12)7-10-17(19)15-5-8-16(18)9-6-15/h3-11H,1-2H3/b10-7+. The number of carbonyl (C=O) groups is 1. The zero-order chi connectivity index (χ0) is 13.8. The Hall–Kier alpha value is -1.42. The maximum Gasteiger partial charge on any atom is 0.185 e. The summed E-state index contributed by atoms with van der Waals surface area (Å²) >= 11 is 2.23. The topological polar surface area (TPSA) is 17.1 Å². The number of halogens is 1. The predicted molar refractivity (Wildman–Crippen MR) is 88.4 cm³/mol. The maximum atomic E-state index is 12.0. The highest BCUT2D eigenvalue weighted by Gasteiger charge is 2.01. The molecule has 0 aromatic heterocycles. The number of hydrogen-bond donors (Lipinski definition) is 0. The first-order valence-electron chi connectivity index (χ1n) is 6.11. The van der Waals surface area contributed by atoms with Gasteiger partial charge in [0.25, 0.3) is 0 Å². The van der Waals surface area contributed by atoms with Gasteiger partial charge in [0.1, 0.15) is 0 Å². The fourth-order valence-electron chi connectivity index (χ4n) is 1.89. The molecule has 19 heavy (non-hydrogen) atoms. The molecule has 2 aromatic rings. The van der Waals surface area contributed by atoms with Crippen LogP contribution < -0.4 is 0 Å². The lowest BCUT2D eigenvalue weighted by Crippen LogP contribution is -1.94. The summed E-state index contributed by atoms with van der Waals surface area (Å²) in [5, 5.41) is 0. The Bertz CT molecular complexity index is 624. The van der Waals surface area contributed by atoms with Crippen LogP contribution in [0.25, 0.3) is 6.08 Å². The van der Waals surface area contributed by atoms with Crippen molar-refractivity contribution in [2.24, 2.45) is 0 Å². The molecule has 0 aliphatic rings. The van der Waals surface area contributed by atoms with E-state index >= 15 is 0 Å². The molecule has 1 nitrogen and oxygen atoms in total. The average molecular weight is 362 g/mol. The number of rotatable bonds is 3. The molecule has 0 aliphatic carbocycles. The van der Waals surface area contributed by atoms with Crippen LogP contribution in [0.1, 0.15) is 27.0 Å². The molecule has 96 valence electrons. The van der Waals surface area contributed by atoms with Crippen molar-refractivity contribution >= 4 is 34.5 Å². The van der Waals surface area contributed by atoms with Crippen LogP contribution >= 0.6 is 22.6 Å². The zero-order valence-electron chi connectivity index (χ0n) is 11.0. The van der Waals surface area contributed by atoms with Crippen molar-refractivity contribution < 1.29 is 4.79 Å². The predicted octanol–water partition coefficient (Wildman–Crippen LogP) is 4.80. The second kappa shape index (κ2) is 6.15. The van der Waals surface area contributed by atoms with Crippen molar-refractivity contribution in [1.82, 2.24) is 0 Å². The number of allylic oxidation sites excluding steroid dienone is 1. The van der Waals surface area contributed by atoms with Gasteiger partial charge in [0.2, 0.25) is 0 Å². The highest BCUT2D eigenvalue weighted by Crippen LogP contribution is 2.13. The fraction of sp³-hybridized carbons (Fsp3) is 0.118. The highest BCUT2D eigenvalue weighted by molar-refractivity contribution is 14.1. The molecule has 0 atom stereocenters. The van der Waals surface area contributed by atoms with Gasteiger partial charge >= 0.3 is 0 Å². The van der Waals surface area contributed by atoms with Crippen LogP contribution in [0.3, 0.4) is 0 Å². The minimum absolute atomic E-state index is 0.0383. The molecule has 0 bridgehead atoms. The van der Waals surface area contributed by atoms with Gasteiger partial charge in [-0.2, -0.15) is 0 Å². The molecule has 0 spiro atoms. The zero-order valence-corrected chi connectivity index (χ0v) is 13.1. The first-order valence-corrected chi connectivity index (χ1v) is 7.19. The van der Waals surface area contributed by atoms with E-state index in [0.717, 1.165) is 14.7 Å². The van der Waals surface area contributed by atoms with E-state index in [1.807, 2.05) is 36.4 Å². The molecule has 0 radical (unpaired) electrons. The third-order valence-electron chi connectivity index (χ3n) is 2.97. The molecule has 0 heterocycles. The van der Waals surface area contributed by atoms with Crippen molar-refractivity contribution in [2.45, 2.75) is 13.8 Å². The van der Waals surface area contributed by atoms with Crippen molar-refractivity contribution in [2.75, 3.05) is 0 Å². The third-order valence-corrected chi connectivity index (χ3v) is 3.69. The van der Waals surface area contributed by atoms with E-state index in [-0.39, 0.29) is 5.78 Å². The van der Waals surface area contributed by atoms with Crippen LogP contribution in [0.4, 0.5) is 0 Å². The van der Waals surface area contributed by atoms with Crippen molar-refractivity contribution in [3.05, 3.63) is 74.4 Å². The summed E-state index contributed by atoms with van der Waals surface area (Å²) in [4.78, 5) is 12.0. The highest BCUT2D eigenvalue weighted by atomic mass is 127. The number of ketones is 1. The molecule has 2 aromatic carbocycles. The Labute approximate surface area is 127 Å². The molecule has 0 N–H and O–H groups in total. The summed E-state index contributed by atoms with van der Waals surface area (Å²) in [6, 6.07) is 13.8. The van der Waals surface area contributed by atoms with E-state index in [1.54, 1.807) is 6.08 Å². The normalized spacial score (nSPS) is 10.9. The molecule has 0 amide bonds. The number of aryl methyl sites for hydroxylation is 2. The lowest BCUT2D eigenvalue weighted by Gasteiger charge is -2.01. The van der Waals surface area contributed by atoms with E-state index in [9.17, 15) is 4.79 Å². The SMILES string of the molecule is Cc1ccc(/C=C/C(=O)c2ccc(I)cc2)c(C)c1. The van der Waals surface area contributed by atoms with Gasteiger partial charge in [-0.05, 0) is 65.8 Å². The second-order valence-electron chi connectivity index (χ2n) is 4.56. The van der Waals surface area contributed by atoms with E-state index in [4.69, 9.17) is 0 Å². The molecule has 0 unspecified atom stereocenters. The van der Waals surface area contributed by atoms with E-state index in [1.165, 1.54) is 11.1 Å². The van der Waals surface area contributed by atoms with Gasteiger partial charge in [0.15, 0.2) is 5.78 Å². The number of benzene rings is 2. The first kappa shape index (κ1) is 14.0. The molecule has 0 aliphatic heterocycles. The Morgan fingerprint density at radius 3 is 2.37 bits per heavy atom. The van der Waals surface area contributed by atoms with Crippen LogP contribution in [0.5, 0.6) is 0 Å². The smallest absolute Gasteiger partial charge is 0.185 e. The number of carbonyl (C=O) groups excluding carboxylic acids is 1. The van der Waals surface area contributed by atoms with Crippen LogP contribution in [0.2, 0.25) is 0 Å². The summed E-state index contributed by atoms with van der Waals surface area (Å²) in [5.74, 6) is 0.0383. The van der Waals surface area contributed by atoms with Gasteiger partial charge in [-0.1, -0.05) is 42.0 Å². The molecular weight excluding hydrogens is 347 g/mol. The summed E-state index contributed by atoms with van der Waals surface area (Å²) in [6.45, 7) is 4.12. The van der Waals surface area contributed by atoms with Crippen molar-refractivity contribution in [3.63, 3.8) is 0 Å². The lowest BCUT2D eigenvalue weighted by atomic mass is 10.0. The van der Waals surface area contributed by atoms with E-state index in [0.29, 0.717) is 0 Å². The van der Waals surface area contributed by atoms with E-state index in [2.05, 4.69) is 48.6 Å². The summed E-state index contributed by atoms with van der Waals surface area (Å²) in [5.41, 5.74) is 4.23. The Kier molecular flexibility index (Phi) is 4.53. The van der Waals surface area contributed by atoms with Crippen LogP contribution in [0, 0.1) is 17.4 Å².